The Morgan fingerprint density at radius 1 is 1.32 bits per heavy atom. The number of nitrogens with zero attached hydrogens (tertiary/aromatic N) is 1. The Kier molecular flexibility index (Phi) is 3.93. The first-order chi connectivity index (χ1) is 8.95. The molecule has 0 saturated heterocycles. The lowest BCUT2D eigenvalue weighted by atomic mass is 9.82. The Balaban J connectivity index is 2.16. The number of carbonyl (C=O) groups is 1. The highest BCUT2D eigenvalue weighted by Gasteiger charge is 2.26. The molecule has 5 heteroatoms. The maximum atomic E-state index is 11.4. The molecule has 0 aromatic carbocycles. The lowest BCUT2D eigenvalue weighted by Crippen LogP contribution is -2.29. The molecule has 1 fully saturated rings. The number of rotatable bonds is 3. The highest BCUT2D eigenvalue weighted by molar-refractivity contribution is 5.95. The molecule has 1 heterocycles. The van der Waals surface area contributed by atoms with Crippen LogP contribution in [0.15, 0.2) is 12.3 Å². The number of ether oxygens (including phenoxy) is 1. The fourth-order valence-corrected chi connectivity index (χ4v) is 2.87. The number of nitrogens with two attached hydrogens (primary N) is 2. The number of hydrogen-bond donors (Lipinski definition) is 2. The first-order valence-corrected chi connectivity index (χ1v) is 6.67. The van der Waals surface area contributed by atoms with Crippen molar-refractivity contribution < 1.29 is 9.53 Å². The normalized spacial score (nSPS) is 26.9. The van der Waals surface area contributed by atoms with Crippen molar-refractivity contribution in [3.05, 3.63) is 17.8 Å². The number of carbonyl (C=O) groups excluding carboxylic acids is 1. The molecular weight excluding hydrogens is 242 g/mol. The summed E-state index contributed by atoms with van der Waals surface area (Å²) in [5.74, 6) is 0.985. The standard InChI is InChI=1S/C14H21N3O2/c1-8-3-9(2)5-11(4-8)19-14-12(13(16)18)6-10(15)7-17-14/h6-9,11H,3-5,15H2,1-2H3,(H2,16,18). The number of hydrogen-bond acceptors (Lipinski definition) is 4. The van der Waals surface area contributed by atoms with Gasteiger partial charge in [-0.15, -0.1) is 0 Å². The summed E-state index contributed by atoms with van der Waals surface area (Å²) in [6.07, 6.45) is 4.76. The van der Waals surface area contributed by atoms with Crippen LogP contribution >= 0.6 is 0 Å². The summed E-state index contributed by atoms with van der Waals surface area (Å²) in [6, 6.07) is 1.51. The predicted octanol–water partition coefficient (Wildman–Crippen LogP) is 1.97. The third-order valence-corrected chi connectivity index (χ3v) is 3.55. The molecule has 0 bridgehead atoms. The van der Waals surface area contributed by atoms with Gasteiger partial charge in [-0.1, -0.05) is 13.8 Å². The third-order valence-electron chi connectivity index (χ3n) is 3.55. The van der Waals surface area contributed by atoms with Crippen molar-refractivity contribution in [1.29, 1.82) is 0 Å². The van der Waals surface area contributed by atoms with Gasteiger partial charge >= 0.3 is 0 Å². The molecule has 1 aromatic rings. The minimum atomic E-state index is -0.563. The monoisotopic (exact) mass is 263 g/mol. The minimum absolute atomic E-state index is 0.0907. The molecule has 19 heavy (non-hydrogen) atoms. The number of pyridine rings is 1. The van der Waals surface area contributed by atoms with E-state index in [0.29, 0.717) is 23.4 Å². The Morgan fingerprint density at radius 3 is 2.53 bits per heavy atom. The third kappa shape index (κ3) is 3.36. The van der Waals surface area contributed by atoms with Crippen molar-refractivity contribution in [2.75, 3.05) is 5.73 Å². The largest absolute Gasteiger partial charge is 0.474 e. The second kappa shape index (κ2) is 5.47. The van der Waals surface area contributed by atoms with Gasteiger partial charge in [-0.3, -0.25) is 4.79 Å². The van der Waals surface area contributed by atoms with E-state index < -0.39 is 5.91 Å². The van der Waals surface area contributed by atoms with Crippen molar-refractivity contribution in [3.8, 4) is 5.88 Å². The molecule has 1 amide bonds. The molecule has 1 aromatic heterocycles. The average molecular weight is 263 g/mol. The van der Waals surface area contributed by atoms with Gasteiger partial charge in [0.1, 0.15) is 11.7 Å². The number of primary amides is 1. The lowest BCUT2D eigenvalue weighted by molar-refractivity contribution is 0.0907. The molecule has 1 aliphatic rings. The van der Waals surface area contributed by atoms with Crippen LogP contribution in [0.3, 0.4) is 0 Å². The average Bonchev–Trinajstić information content (AvgIpc) is 2.30. The van der Waals surface area contributed by atoms with Crippen molar-refractivity contribution in [1.82, 2.24) is 4.98 Å². The summed E-state index contributed by atoms with van der Waals surface area (Å²) in [6.45, 7) is 4.44. The van der Waals surface area contributed by atoms with Crippen molar-refractivity contribution in [2.45, 2.75) is 39.2 Å². The van der Waals surface area contributed by atoms with Gasteiger partial charge in [-0.05, 0) is 37.2 Å². The van der Waals surface area contributed by atoms with E-state index in [0.717, 1.165) is 12.8 Å². The summed E-state index contributed by atoms with van der Waals surface area (Å²) < 4.78 is 5.88. The second-order valence-electron chi connectivity index (χ2n) is 5.64. The Bertz CT molecular complexity index is 466. The summed E-state index contributed by atoms with van der Waals surface area (Å²) in [5.41, 5.74) is 11.6. The minimum Gasteiger partial charge on any atom is -0.474 e. The van der Waals surface area contributed by atoms with Gasteiger partial charge in [-0.2, -0.15) is 0 Å². The molecule has 2 rings (SSSR count). The topological polar surface area (TPSA) is 91.2 Å². The molecule has 104 valence electrons. The maximum Gasteiger partial charge on any atom is 0.254 e. The van der Waals surface area contributed by atoms with Crippen LogP contribution in [0.1, 0.15) is 43.5 Å². The molecule has 2 atom stereocenters. The van der Waals surface area contributed by atoms with Crippen LogP contribution in [0, 0.1) is 11.8 Å². The summed E-state index contributed by atoms with van der Waals surface area (Å²) in [4.78, 5) is 15.5. The van der Waals surface area contributed by atoms with E-state index in [1.807, 2.05) is 0 Å². The van der Waals surface area contributed by atoms with Gasteiger partial charge in [0.2, 0.25) is 5.88 Å². The van der Waals surface area contributed by atoms with E-state index in [2.05, 4.69) is 18.8 Å². The molecule has 4 N–H and O–H groups in total. The van der Waals surface area contributed by atoms with Gasteiger partial charge in [0.15, 0.2) is 0 Å². The van der Waals surface area contributed by atoms with Crippen LogP contribution < -0.4 is 16.2 Å². The summed E-state index contributed by atoms with van der Waals surface area (Å²) in [5, 5.41) is 0. The van der Waals surface area contributed by atoms with Gasteiger partial charge in [0.05, 0.1) is 11.9 Å². The molecule has 5 nitrogen and oxygen atoms in total. The van der Waals surface area contributed by atoms with Gasteiger partial charge in [0, 0.05) is 0 Å². The molecular formula is C14H21N3O2. The van der Waals surface area contributed by atoms with Gasteiger partial charge < -0.3 is 16.2 Å². The van der Waals surface area contributed by atoms with E-state index in [4.69, 9.17) is 16.2 Å². The zero-order valence-electron chi connectivity index (χ0n) is 11.4. The fourth-order valence-electron chi connectivity index (χ4n) is 2.87. The molecule has 1 saturated carbocycles. The molecule has 1 aliphatic carbocycles. The summed E-state index contributed by atoms with van der Waals surface area (Å²) in [7, 11) is 0. The zero-order chi connectivity index (χ0) is 14.0. The highest BCUT2D eigenvalue weighted by Crippen LogP contribution is 2.31. The fraction of sp³-hybridized carbons (Fsp3) is 0.571. The first-order valence-electron chi connectivity index (χ1n) is 6.67. The van der Waals surface area contributed by atoms with Crippen LogP contribution in [0.5, 0.6) is 5.88 Å². The van der Waals surface area contributed by atoms with Crippen LogP contribution in [-0.2, 0) is 0 Å². The van der Waals surface area contributed by atoms with Crippen molar-refractivity contribution in [2.24, 2.45) is 17.6 Å². The van der Waals surface area contributed by atoms with E-state index >= 15 is 0 Å². The summed E-state index contributed by atoms with van der Waals surface area (Å²) >= 11 is 0. The van der Waals surface area contributed by atoms with Gasteiger partial charge in [-0.25, -0.2) is 4.98 Å². The quantitative estimate of drug-likeness (QED) is 0.872. The van der Waals surface area contributed by atoms with E-state index in [1.54, 1.807) is 0 Å². The Morgan fingerprint density at radius 2 is 1.95 bits per heavy atom. The predicted molar refractivity (Wildman–Crippen MR) is 73.8 cm³/mol. The number of nitrogen functional groups attached to an aromatic ring is 1. The van der Waals surface area contributed by atoms with E-state index in [9.17, 15) is 4.79 Å². The Hall–Kier alpha value is -1.78. The van der Waals surface area contributed by atoms with E-state index in [1.165, 1.54) is 18.7 Å². The second-order valence-corrected chi connectivity index (χ2v) is 5.64. The smallest absolute Gasteiger partial charge is 0.254 e. The SMILES string of the molecule is CC1CC(C)CC(Oc2ncc(N)cc2C(N)=O)C1. The van der Waals surface area contributed by atoms with Crippen molar-refractivity contribution >= 4 is 11.6 Å². The zero-order valence-corrected chi connectivity index (χ0v) is 11.4. The highest BCUT2D eigenvalue weighted by atomic mass is 16.5. The van der Waals surface area contributed by atoms with Gasteiger partial charge in [0.25, 0.3) is 5.91 Å². The molecule has 0 aliphatic heterocycles. The van der Waals surface area contributed by atoms with Crippen LogP contribution in [-0.4, -0.2) is 17.0 Å². The van der Waals surface area contributed by atoms with Crippen LogP contribution in [0.2, 0.25) is 0 Å². The molecule has 2 unspecified atom stereocenters. The number of anilines is 1. The van der Waals surface area contributed by atoms with Crippen molar-refractivity contribution in [3.63, 3.8) is 0 Å². The number of amides is 1. The maximum absolute atomic E-state index is 11.4. The number of aromatic nitrogens is 1. The Labute approximate surface area is 113 Å². The lowest BCUT2D eigenvalue weighted by Gasteiger charge is -2.31. The van der Waals surface area contributed by atoms with Crippen LogP contribution in [0.4, 0.5) is 5.69 Å². The van der Waals surface area contributed by atoms with E-state index in [-0.39, 0.29) is 11.7 Å². The molecule has 0 radical (unpaired) electrons. The first kappa shape index (κ1) is 13.6. The molecule has 0 spiro atoms. The van der Waals surface area contributed by atoms with Crippen LogP contribution in [0.25, 0.3) is 0 Å².